The van der Waals surface area contributed by atoms with E-state index in [1.165, 1.54) is 25.1 Å². The maximum absolute atomic E-state index is 13.6. The van der Waals surface area contributed by atoms with Crippen molar-refractivity contribution in [2.24, 2.45) is 0 Å². The largest absolute Gasteiger partial charge is 0.349 e. The smallest absolute Gasteiger partial charge is 0.225 e. The molecule has 25 heavy (non-hydrogen) atoms. The first kappa shape index (κ1) is 19.5. The molecule has 0 aliphatic carbocycles. The third-order valence-corrected chi connectivity index (χ3v) is 4.01. The molecule has 0 fully saturated rings. The minimum atomic E-state index is -2.28. The molecule has 2 nitrogen and oxygen atoms in total. The predicted molar refractivity (Wildman–Crippen MR) is 83.0 cm³/mol. The van der Waals surface area contributed by atoms with Crippen molar-refractivity contribution in [3.05, 3.63) is 68.5 Å². The van der Waals surface area contributed by atoms with Crippen molar-refractivity contribution in [2.45, 2.75) is 19.4 Å². The minimum absolute atomic E-state index is 0.247. The zero-order valence-corrected chi connectivity index (χ0v) is 14.1. The molecule has 0 saturated heterocycles. The van der Waals surface area contributed by atoms with Crippen molar-refractivity contribution in [3.63, 3.8) is 0 Å². The van der Waals surface area contributed by atoms with E-state index < -0.39 is 53.0 Å². The van der Waals surface area contributed by atoms with Gasteiger partial charge in [0.1, 0.15) is 0 Å². The van der Waals surface area contributed by atoms with E-state index in [4.69, 9.17) is 23.2 Å². The SMILES string of the molecule is C[C@@H](NC(=O)Cc1c(F)c(F)c(F)c(F)c1F)c1ccc(Cl)cc1Cl. The van der Waals surface area contributed by atoms with Gasteiger partial charge in [0, 0.05) is 15.6 Å². The zero-order valence-electron chi connectivity index (χ0n) is 12.6. The minimum Gasteiger partial charge on any atom is -0.349 e. The van der Waals surface area contributed by atoms with Crippen molar-refractivity contribution in [3.8, 4) is 0 Å². The fourth-order valence-electron chi connectivity index (χ4n) is 2.19. The summed E-state index contributed by atoms with van der Waals surface area (Å²) in [6.45, 7) is 1.53. The summed E-state index contributed by atoms with van der Waals surface area (Å²) in [5.41, 5.74) is -0.736. The van der Waals surface area contributed by atoms with E-state index >= 15 is 0 Å². The van der Waals surface area contributed by atoms with Crippen LogP contribution in [0, 0.1) is 29.1 Å². The summed E-state index contributed by atoms with van der Waals surface area (Å²) in [4.78, 5) is 11.9. The number of hydrogen-bond acceptors (Lipinski definition) is 1. The third kappa shape index (κ3) is 4.04. The highest BCUT2D eigenvalue weighted by molar-refractivity contribution is 6.35. The van der Waals surface area contributed by atoms with Gasteiger partial charge in [-0.25, -0.2) is 22.0 Å². The number of carbonyl (C=O) groups is 1. The Kier molecular flexibility index (Phi) is 5.90. The summed E-state index contributed by atoms with van der Waals surface area (Å²) in [6, 6.07) is 3.81. The predicted octanol–water partition coefficient (Wildman–Crippen LogP) is 5.11. The fourth-order valence-corrected chi connectivity index (χ4v) is 2.76. The fraction of sp³-hybridized carbons (Fsp3) is 0.188. The third-order valence-electron chi connectivity index (χ3n) is 3.44. The standard InChI is InChI=1S/C16H10Cl2F5NO/c1-6(8-3-2-7(17)4-10(8)18)24-11(25)5-9-12(19)14(21)16(23)15(22)13(9)20/h2-4,6H,5H2,1H3,(H,24,25)/t6-/m1/s1. The molecule has 0 aliphatic heterocycles. The Hall–Kier alpha value is -1.86. The summed E-state index contributed by atoms with van der Waals surface area (Å²) >= 11 is 11.7. The Morgan fingerprint density at radius 3 is 2.04 bits per heavy atom. The Labute approximate surface area is 149 Å². The maximum atomic E-state index is 13.6. The molecule has 0 unspecified atom stereocenters. The molecule has 0 aromatic heterocycles. The molecule has 2 rings (SSSR count). The maximum Gasteiger partial charge on any atom is 0.225 e. The van der Waals surface area contributed by atoms with Crippen LogP contribution in [0.15, 0.2) is 18.2 Å². The summed E-state index contributed by atoms with van der Waals surface area (Å²) < 4.78 is 66.5. The van der Waals surface area contributed by atoms with Gasteiger partial charge in [-0.3, -0.25) is 4.79 Å². The lowest BCUT2D eigenvalue weighted by molar-refractivity contribution is -0.121. The van der Waals surface area contributed by atoms with Gasteiger partial charge in [0.25, 0.3) is 0 Å². The van der Waals surface area contributed by atoms with Crippen molar-refractivity contribution in [1.29, 1.82) is 0 Å². The van der Waals surface area contributed by atoms with E-state index in [-0.39, 0.29) is 5.02 Å². The van der Waals surface area contributed by atoms with Gasteiger partial charge in [0.15, 0.2) is 23.3 Å². The molecule has 134 valence electrons. The monoisotopic (exact) mass is 397 g/mol. The van der Waals surface area contributed by atoms with Crippen LogP contribution in [0.4, 0.5) is 22.0 Å². The Bertz CT molecular complexity index is 815. The van der Waals surface area contributed by atoms with Crippen LogP contribution in [0.1, 0.15) is 24.1 Å². The molecule has 0 radical (unpaired) electrons. The van der Waals surface area contributed by atoms with Crippen LogP contribution >= 0.6 is 23.2 Å². The summed E-state index contributed by atoms with van der Waals surface area (Å²) in [7, 11) is 0. The average Bonchev–Trinajstić information content (AvgIpc) is 2.55. The van der Waals surface area contributed by atoms with Crippen LogP contribution in [0.3, 0.4) is 0 Å². The molecule has 9 heteroatoms. The second kappa shape index (κ2) is 7.58. The van der Waals surface area contributed by atoms with Crippen molar-refractivity contribution in [2.75, 3.05) is 0 Å². The van der Waals surface area contributed by atoms with Gasteiger partial charge < -0.3 is 5.32 Å². The molecule has 0 aliphatic rings. The Balaban J connectivity index is 2.21. The van der Waals surface area contributed by atoms with Crippen LogP contribution in [0.2, 0.25) is 10.0 Å². The highest BCUT2D eigenvalue weighted by atomic mass is 35.5. The second-order valence-electron chi connectivity index (χ2n) is 5.18. The number of carbonyl (C=O) groups excluding carboxylic acids is 1. The number of benzene rings is 2. The quantitative estimate of drug-likeness (QED) is 0.433. The number of amides is 1. The van der Waals surface area contributed by atoms with Crippen LogP contribution < -0.4 is 5.32 Å². The second-order valence-corrected chi connectivity index (χ2v) is 6.02. The lowest BCUT2D eigenvalue weighted by Crippen LogP contribution is -2.29. The van der Waals surface area contributed by atoms with E-state index in [1.807, 2.05) is 0 Å². The molecule has 1 atom stereocenters. The van der Waals surface area contributed by atoms with E-state index in [9.17, 15) is 26.7 Å². The van der Waals surface area contributed by atoms with Crippen LogP contribution in [0.5, 0.6) is 0 Å². The lowest BCUT2D eigenvalue weighted by atomic mass is 10.1. The average molecular weight is 398 g/mol. The van der Waals surface area contributed by atoms with Gasteiger partial charge in [-0.15, -0.1) is 0 Å². The Morgan fingerprint density at radius 2 is 1.52 bits per heavy atom. The first-order valence-corrected chi connectivity index (χ1v) is 7.63. The summed E-state index contributed by atoms with van der Waals surface area (Å²) in [6.07, 6.45) is -1.03. The highest BCUT2D eigenvalue weighted by Crippen LogP contribution is 2.27. The van der Waals surface area contributed by atoms with E-state index in [1.54, 1.807) is 0 Å². The molecule has 0 bridgehead atoms. The first-order valence-electron chi connectivity index (χ1n) is 6.88. The molecule has 0 heterocycles. The normalized spacial score (nSPS) is 12.2. The number of rotatable bonds is 4. The molecule has 1 N–H and O–H groups in total. The summed E-state index contributed by atoms with van der Waals surface area (Å²) in [5.74, 6) is -11.5. The van der Waals surface area contributed by atoms with Gasteiger partial charge in [0.05, 0.1) is 12.5 Å². The number of nitrogens with one attached hydrogen (secondary N) is 1. The number of hydrogen-bond donors (Lipinski definition) is 1. The van der Waals surface area contributed by atoms with Gasteiger partial charge in [0.2, 0.25) is 11.7 Å². The number of halogens is 7. The topological polar surface area (TPSA) is 29.1 Å². The van der Waals surface area contributed by atoms with Crippen LogP contribution in [0.25, 0.3) is 0 Å². The van der Waals surface area contributed by atoms with Crippen molar-refractivity contribution in [1.82, 2.24) is 5.32 Å². The van der Waals surface area contributed by atoms with Gasteiger partial charge in [-0.2, -0.15) is 0 Å². The van der Waals surface area contributed by atoms with E-state index in [0.717, 1.165) is 0 Å². The molecular weight excluding hydrogens is 388 g/mol. The van der Waals surface area contributed by atoms with Crippen molar-refractivity contribution < 1.29 is 26.7 Å². The molecule has 1 amide bonds. The lowest BCUT2D eigenvalue weighted by Gasteiger charge is -2.16. The van der Waals surface area contributed by atoms with E-state index in [2.05, 4.69) is 5.32 Å². The molecule has 0 spiro atoms. The van der Waals surface area contributed by atoms with Crippen LogP contribution in [-0.4, -0.2) is 5.91 Å². The highest BCUT2D eigenvalue weighted by Gasteiger charge is 2.27. The molecule has 2 aromatic rings. The van der Waals surface area contributed by atoms with E-state index in [0.29, 0.717) is 10.6 Å². The van der Waals surface area contributed by atoms with Gasteiger partial charge in [-0.05, 0) is 24.6 Å². The van der Waals surface area contributed by atoms with Crippen LogP contribution in [-0.2, 0) is 11.2 Å². The molecular formula is C16H10Cl2F5NO. The Morgan fingerprint density at radius 1 is 1.00 bits per heavy atom. The molecule has 0 saturated carbocycles. The van der Waals surface area contributed by atoms with Gasteiger partial charge >= 0.3 is 0 Å². The van der Waals surface area contributed by atoms with Crippen molar-refractivity contribution >= 4 is 29.1 Å². The van der Waals surface area contributed by atoms with Gasteiger partial charge in [-0.1, -0.05) is 29.3 Å². The first-order chi connectivity index (χ1) is 11.6. The summed E-state index contributed by atoms with van der Waals surface area (Å²) in [5, 5.41) is 2.99. The zero-order chi connectivity index (χ0) is 18.9. The molecule has 2 aromatic carbocycles.